The Balaban J connectivity index is 1.14. The minimum Gasteiger partial charge on any atom is -0.308 e. The molecule has 0 atom stereocenters. The maximum absolute atomic E-state index is 5.53. The first-order valence-corrected chi connectivity index (χ1v) is 23.5. The fraction of sp³-hybridized carbons (Fsp3) is 0. The molecule has 2 heterocycles. The zero-order valence-electron chi connectivity index (χ0n) is 37.4. The van der Waals surface area contributed by atoms with Gasteiger partial charge in [0.1, 0.15) is 0 Å². The van der Waals surface area contributed by atoms with Gasteiger partial charge in [-0.1, -0.05) is 200 Å². The van der Waals surface area contributed by atoms with Crippen LogP contribution < -0.4 is 0 Å². The fourth-order valence-electron chi connectivity index (χ4n) is 10.6. The van der Waals surface area contributed by atoms with Gasteiger partial charge >= 0.3 is 0 Å². The van der Waals surface area contributed by atoms with E-state index < -0.39 is 0 Å². The standard InChI is InChI=1S/C65H40N4/c1-3-16-41(17-4-1)50-32-33-53-56(35-50)59(65-67-63(51-31-30-42-18-7-8-22-45(42)34-51)66-64(68-65)54-29-15-27-43-21-13-14-28-52(43)54)40-55(44-19-5-2-6-20-44)62(53)69-60-38-48-25-11-9-23-46(48)36-57(60)58-37-47-24-10-12-26-49(47)39-61(58)69/h1-40H. The van der Waals surface area contributed by atoms with Crippen LogP contribution in [0.3, 0.4) is 0 Å². The van der Waals surface area contributed by atoms with Crippen LogP contribution in [0.1, 0.15) is 0 Å². The highest BCUT2D eigenvalue weighted by Crippen LogP contribution is 2.46. The van der Waals surface area contributed by atoms with E-state index in [4.69, 9.17) is 15.0 Å². The van der Waals surface area contributed by atoms with Gasteiger partial charge in [0.2, 0.25) is 0 Å². The molecular formula is C65H40N4. The lowest BCUT2D eigenvalue weighted by Crippen LogP contribution is -2.04. The van der Waals surface area contributed by atoms with Crippen LogP contribution in [0.25, 0.3) is 138 Å². The molecule has 14 aromatic rings. The summed E-state index contributed by atoms with van der Waals surface area (Å²) in [6, 6.07) is 87.4. The smallest absolute Gasteiger partial charge is 0.164 e. The molecule has 0 amide bonds. The SMILES string of the molecule is c1ccc(-c2ccc3c(-n4c5cc6ccccc6cc5c5cc6ccccc6cc54)c(-c4ccccc4)cc(-c4nc(-c5ccc6ccccc6c5)nc(-c5cccc6ccccc56)n4)c3c2)cc1. The van der Waals surface area contributed by atoms with Crippen LogP contribution in [0.15, 0.2) is 243 Å². The average Bonchev–Trinajstić information content (AvgIpc) is 3.72. The molecule has 0 N–H and O–H groups in total. The molecule has 0 radical (unpaired) electrons. The predicted molar refractivity (Wildman–Crippen MR) is 289 cm³/mol. The Kier molecular flexibility index (Phi) is 8.86. The number of fused-ring (bicyclic) bond motifs is 8. The Hall–Kier alpha value is -9.25. The minimum atomic E-state index is 0.606. The third-order valence-electron chi connectivity index (χ3n) is 13.9. The second kappa shape index (κ2) is 15.7. The van der Waals surface area contributed by atoms with Gasteiger partial charge in [0.05, 0.1) is 16.7 Å². The molecule has 12 aromatic carbocycles. The zero-order valence-corrected chi connectivity index (χ0v) is 37.4. The van der Waals surface area contributed by atoms with Crippen LogP contribution in [0.4, 0.5) is 0 Å². The summed E-state index contributed by atoms with van der Waals surface area (Å²) in [4.78, 5) is 16.4. The van der Waals surface area contributed by atoms with Crippen molar-refractivity contribution in [2.75, 3.05) is 0 Å². The van der Waals surface area contributed by atoms with E-state index >= 15 is 0 Å². The fourth-order valence-corrected chi connectivity index (χ4v) is 10.6. The van der Waals surface area contributed by atoms with Crippen molar-refractivity contribution >= 4 is 75.7 Å². The van der Waals surface area contributed by atoms with Crippen LogP contribution in [0.2, 0.25) is 0 Å². The predicted octanol–water partition coefficient (Wildman–Crippen LogP) is 17.1. The van der Waals surface area contributed by atoms with Crippen molar-refractivity contribution in [3.8, 4) is 62.1 Å². The average molecular weight is 877 g/mol. The van der Waals surface area contributed by atoms with E-state index in [-0.39, 0.29) is 0 Å². The van der Waals surface area contributed by atoms with Gasteiger partial charge in [0.25, 0.3) is 0 Å². The van der Waals surface area contributed by atoms with Crippen molar-refractivity contribution in [2.45, 2.75) is 0 Å². The van der Waals surface area contributed by atoms with E-state index in [2.05, 4.69) is 247 Å². The quantitative estimate of drug-likeness (QED) is 0.167. The molecular weight excluding hydrogens is 837 g/mol. The summed E-state index contributed by atoms with van der Waals surface area (Å²) in [5.41, 5.74) is 10.6. The van der Waals surface area contributed by atoms with E-state index in [1.165, 1.54) is 37.7 Å². The Bertz CT molecular complexity index is 4260. The second-order valence-corrected chi connectivity index (χ2v) is 18.0. The summed E-state index contributed by atoms with van der Waals surface area (Å²) in [5, 5.41) is 13.9. The first kappa shape index (κ1) is 39.0. The van der Waals surface area contributed by atoms with E-state index in [0.29, 0.717) is 17.5 Å². The molecule has 14 rings (SSSR count). The molecule has 4 nitrogen and oxygen atoms in total. The van der Waals surface area contributed by atoms with Gasteiger partial charge in [-0.15, -0.1) is 0 Å². The molecule has 0 aliphatic rings. The van der Waals surface area contributed by atoms with Crippen LogP contribution >= 0.6 is 0 Å². The summed E-state index contributed by atoms with van der Waals surface area (Å²) in [5.74, 6) is 1.85. The molecule has 0 aliphatic heterocycles. The highest BCUT2D eigenvalue weighted by molar-refractivity contribution is 6.19. The molecule has 69 heavy (non-hydrogen) atoms. The van der Waals surface area contributed by atoms with E-state index in [0.717, 1.165) is 82.6 Å². The first-order chi connectivity index (χ1) is 34.2. The molecule has 0 bridgehead atoms. The number of aromatic nitrogens is 4. The Morgan fingerprint density at radius 3 is 1.41 bits per heavy atom. The van der Waals surface area contributed by atoms with Gasteiger partial charge in [-0.05, 0) is 108 Å². The van der Waals surface area contributed by atoms with Gasteiger partial charge in [0, 0.05) is 38.4 Å². The third-order valence-corrected chi connectivity index (χ3v) is 13.9. The van der Waals surface area contributed by atoms with Crippen LogP contribution in [0, 0.1) is 0 Å². The maximum Gasteiger partial charge on any atom is 0.164 e. The highest BCUT2D eigenvalue weighted by atomic mass is 15.0. The number of benzene rings is 12. The summed E-state index contributed by atoms with van der Waals surface area (Å²) in [7, 11) is 0. The number of nitrogens with zero attached hydrogens (tertiary/aromatic N) is 4. The maximum atomic E-state index is 5.53. The molecule has 0 spiro atoms. The molecule has 0 aliphatic carbocycles. The van der Waals surface area contributed by atoms with Crippen LogP contribution in [0.5, 0.6) is 0 Å². The second-order valence-electron chi connectivity index (χ2n) is 18.0. The van der Waals surface area contributed by atoms with Crippen molar-refractivity contribution < 1.29 is 0 Å². The number of hydrogen-bond donors (Lipinski definition) is 0. The molecule has 0 saturated heterocycles. The number of hydrogen-bond acceptors (Lipinski definition) is 3. The monoisotopic (exact) mass is 876 g/mol. The van der Waals surface area contributed by atoms with Crippen LogP contribution in [-0.2, 0) is 0 Å². The first-order valence-electron chi connectivity index (χ1n) is 23.5. The van der Waals surface area contributed by atoms with Crippen molar-refractivity contribution in [1.82, 2.24) is 19.5 Å². The normalized spacial score (nSPS) is 11.8. The lowest BCUT2D eigenvalue weighted by atomic mass is 9.91. The molecule has 0 saturated carbocycles. The highest BCUT2D eigenvalue weighted by Gasteiger charge is 2.24. The summed E-state index contributed by atoms with van der Waals surface area (Å²) >= 11 is 0. The lowest BCUT2D eigenvalue weighted by molar-refractivity contribution is 1.08. The molecule has 0 fully saturated rings. The van der Waals surface area contributed by atoms with E-state index in [1.54, 1.807) is 0 Å². The zero-order chi connectivity index (χ0) is 45.4. The van der Waals surface area contributed by atoms with Crippen LogP contribution in [-0.4, -0.2) is 19.5 Å². The Labute approximate surface area is 398 Å². The van der Waals surface area contributed by atoms with Crippen molar-refractivity contribution in [1.29, 1.82) is 0 Å². The van der Waals surface area contributed by atoms with Gasteiger partial charge in [-0.25, -0.2) is 15.0 Å². The molecule has 4 heteroatoms. The Morgan fingerprint density at radius 1 is 0.232 bits per heavy atom. The summed E-state index contributed by atoms with van der Waals surface area (Å²) in [6.45, 7) is 0. The molecule has 2 aromatic heterocycles. The lowest BCUT2D eigenvalue weighted by Gasteiger charge is -2.21. The van der Waals surface area contributed by atoms with Gasteiger partial charge in [-0.2, -0.15) is 0 Å². The summed E-state index contributed by atoms with van der Waals surface area (Å²) < 4.78 is 2.52. The van der Waals surface area contributed by atoms with Gasteiger partial charge in [0.15, 0.2) is 17.5 Å². The number of rotatable bonds is 6. The van der Waals surface area contributed by atoms with Gasteiger partial charge < -0.3 is 4.57 Å². The third kappa shape index (κ3) is 6.49. The van der Waals surface area contributed by atoms with E-state index in [1.807, 2.05) is 0 Å². The van der Waals surface area contributed by atoms with Crippen molar-refractivity contribution in [2.24, 2.45) is 0 Å². The molecule has 0 unspecified atom stereocenters. The summed E-state index contributed by atoms with van der Waals surface area (Å²) in [6.07, 6.45) is 0. The van der Waals surface area contributed by atoms with Gasteiger partial charge in [-0.3, -0.25) is 0 Å². The topological polar surface area (TPSA) is 43.6 Å². The van der Waals surface area contributed by atoms with Crippen molar-refractivity contribution in [3.05, 3.63) is 243 Å². The minimum absolute atomic E-state index is 0.606. The largest absolute Gasteiger partial charge is 0.308 e. The van der Waals surface area contributed by atoms with E-state index in [9.17, 15) is 0 Å². The Morgan fingerprint density at radius 2 is 0.739 bits per heavy atom. The van der Waals surface area contributed by atoms with Crippen molar-refractivity contribution in [3.63, 3.8) is 0 Å². The molecule has 320 valence electrons.